The van der Waals surface area contributed by atoms with Gasteiger partial charge in [0.2, 0.25) is 5.91 Å². The van der Waals surface area contributed by atoms with Crippen LogP contribution in [0.3, 0.4) is 0 Å². The summed E-state index contributed by atoms with van der Waals surface area (Å²) in [6.07, 6.45) is 0.461. The minimum Gasteiger partial charge on any atom is -0.545 e. The van der Waals surface area contributed by atoms with Crippen LogP contribution in [0.2, 0.25) is 0 Å². The first-order chi connectivity index (χ1) is 7.47. The molecule has 86 valence electrons. The number of amides is 1. The molecule has 0 aliphatic heterocycles. The molecule has 5 nitrogen and oxygen atoms in total. The quantitative estimate of drug-likeness (QED) is 0.710. The average molecular weight is 221 g/mol. The Bertz CT molecular complexity index is 441. The lowest BCUT2D eigenvalue weighted by atomic mass is 10.0. The lowest BCUT2D eigenvalue weighted by Gasteiger charge is -2.15. The highest BCUT2D eigenvalue weighted by Crippen LogP contribution is 2.26. The molecule has 1 aromatic carbocycles. The summed E-state index contributed by atoms with van der Waals surface area (Å²) in [5.41, 5.74) is 7.02. The van der Waals surface area contributed by atoms with Crippen molar-refractivity contribution < 1.29 is 14.7 Å². The second-order valence-electron chi connectivity index (χ2n) is 3.38. The average Bonchev–Trinajstić information content (AvgIpc) is 2.19. The van der Waals surface area contributed by atoms with Gasteiger partial charge in [-0.05, 0) is 18.1 Å². The van der Waals surface area contributed by atoms with Crippen LogP contribution >= 0.6 is 0 Å². The number of carbonyl (C=O) groups is 2. The number of benzene rings is 1. The van der Waals surface area contributed by atoms with Gasteiger partial charge in [-0.25, -0.2) is 0 Å². The Balaban J connectivity index is 3.28. The van der Waals surface area contributed by atoms with Crippen LogP contribution in [0.25, 0.3) is 0 Å². The second kappa shape index (κ2) is 4.65. The molecule has 0 bridgehead atoms. The normalized spacial score (nSPS) is 9.88. The number of anilines is 2. The number of nitrogens with two attached hydrogens (primary N) is 1. The Morgan fingerprint density at radius 1 is 1.44 bits per heavy atom. The molecule has 0 heterocycles. The van der Waals surface area contributed by atoms with Crippen molar-refractivity contribution in [2.45, 2.75) is 20.3 Å². The molecule has 5 heteroatoms. The maximum absolute atomic E-state index is 10.9. The van der Waals surface area contributed by atoms with Gasteiger partial charge in [-0.3, -0.25) is 4.79 Å². The SMILES string of the molecule is CCc1c(C(=O)[O-])ccc(NC(C)=O)c1N. The van der Waals surface area contributed by atoms with E-state index < -0.39 is 5.97 Å². The zero-order valence-electron chi connectivity index (χ0n) is 9.16. The highest BCUT2D eigenvalue weighted by molar-refractivity contribution is 5.96. The van der Waals surface area contributed by atoms with Crippen molar-refractivity contribution in [3.63, 3.8) is 0 Å². The van der Waals surface area contributed by atoms with Crippen molar-refractivity contribution in [2.24, 2.45) is 0 Å². The van der Waals surface area contributed by atoms with E-state index in [2.05, 4.69) is 5.32 Å². The molecule has 0 saturated carbocycles. The summed E-state index contributed by atoms with van der Waals surface area (Å²) >= 11 is 0. The van der Waals surface area contributed by atoms with E-state index >= 15 is 0 Å². The molecule has 3 N–H and O–H groups in total. The summed E-state index contributed by atoms with van der Waals surface area (Å²) in [5.74, 6) is -1.52. The standard InChI is InChI=1S/C11H14N2O3/c1-3-7-8(11(15)16)4-5-9(10(7)12)13-6(2)14/h4-5H,3,12H2,1-2H3,(H,13,14)(H,15,16)/p-1. The van der Waals surface area contributed by atoms with Gasteiger partial charge in [-0.1, -0.05) is 13.0 Å². The molecule has 0 aliphatic rings. The zero-order valence-corrected chi connectivity index (χ0v) is 9.16. The third-order valence-electron chi connectivity index (χ3n) is 2.24. The largest absolute Gasteiger partial charge is 0.545 e. The van der Waals surface area contributed by atoms with E-state index in [0.717, 1.165) is 0 Å². The number of carboxylic acids is 1. The number of hydrogen-bond acceptors (Lipinski definition) is 4. The van der Waals surface area contributed by atoms with Gasteiger partial charge in [0, 0.05) is 12.5 Å². The number of carbonyl (C=O) groups excluding carboxylic acids is 2. The highest BCUT2D eigenvalue weighted by Gasteiger charge is 2.10. The topological polar surface area (TPSA) is 95.2 Å². The van der Waals surface area contributed by atoms with Crippen molar-refractivity contribution in [2.75, 3.05) is 11.1 Å². The molecule has 0 fully saturated rings. The van der Waals surface area contributed by atoms with Crippen LogP contribution in [0.15, 0.2) is 12.1 Å². The molecule has 1 amide bonds. The van der Waals surface area contributed by atoms with Crippen molar-refractivity contribution in [3.8, 4) is 0 Å². The highest BCUT2D eigenvalue weighted by atomic mass is 16.4. The van der Waals surface area contributed by atoms with E-state index in [1.54, 1.807) is 6.92 Å². The van der Waals surface area contributed by atoms with Crippen LogP contribution in [0, 0.1) is 0 Å². The van der Waals surface area contributed by atoms with Gasteiger partial charge in [0.05, 0.1) is 17.3 Å². The van der Waals surface area contributed by atoms with Gasteiger partial charge in [-0.2, -0.15) is 0 Å². The molecular weight excluding hydrogens is 208 g/mol. The monoisotopic (exact) mass is 221 g/mol. The third kappa shape index (κ3) is 2.31. The van der Waals surface area contributed by atoms with Crippen molar-refractivity contribution >= 4 is 23.3 Å². The number of carboxylic acid groups (broad SMARTS) is 1. The van der Waals surface area contributed by atoms with Crippen LogP contribution in [-0.2, 0) is 11.2 Å². The maximum atomic E-state index is 10.9. The Kier molecular flexibility index (Phi) is 3.50. The van der Waals surface area contributed by atoms with Crippen molar-refractivity contribution in [1.82, 2.24) is 0 Å². The van der Waals surface area contributed by atoms with Crippen LogP contribution in [0.4, 0.5) is 11.4 Å². The van der Waals surface area contributed by atoms with E-state index in [1.807, 2.05) is 0 Å². The molecule has 0 aliphatic carbocycles. The summed E-state index contributed by atoms with van der Waals surface area (Å²) in [4.78, 5) is 21.7. The third-order valence-corrected chi connectivity index (χ3v) is 2.24. The van der Waals surface area contributed by atoms with Crippen molar-refractivity contribution in [3.05, 3.63) is 23.3 Å². The maximum Gasteiger partial charge on any atom is 0.221 e. The molecular formula is C11H13N2O3-. The minimum atomic E-state index is -1.27. The molecule has 0 saturated heterocycles. The summed E-state index contributed by atoms with van der Waals surface area (Å²) in [7, 11) is 0. The van der Waals surface area contributed by atoms with Gasteiger partial charge in [0.15, 0.2) is 0 Å². The van der Waals surface area contributed by atoms with Gasteiger partial charge >= 0.3 is 0 Å². The van der Waals surface area contributed by atoms with E-state index in [4.69, 9.17) is 5.73 Å². The summed E-state index contributed by atoms with van der Waals surface area (Å²) in [6, 6.07) is 2.84. The molecule has 1 rings (SSSR count). The molecule has 0 spiro atoms. The fourth-order valence-corrected chi connectivity index (χ4v) is 1.54. The van der Waals surface area contributed by atoms with Crippen LogP contribution in [0.5, 0.6) is 0 Å². The lowest BCUT2D eigenvalue weighted by molar-refractivity contribution is -0.255. The molecule has 0 radical (unpaired) electrons. The van der Waals surface area contributed by atoms with E-state index in [1.165, 1.54) is 19.1 Å². The predicted molar refractivity (Wildman–Crippen MR) is 58.9 cm³/mol. The number of hydrogen-bond donors (Lipinski definition) is 2. The van der Waals surface area contributed by atoms with E-state index in [-0.39, 0.29) is 17.2 Å². The minimum absolute atomic E-state index is 0.0640. The van der Waals surface area contributed by atoms with Gasteiger partial charge in [0.1, 0.15) is 0 Å². The molecule has 1 aromatic rings. The summed E-state index contributed by atoms with van der Waals surface area (Å²) in [6.45, 7) is 3.15. The van der Waals surface area contributed by atoms with Crippen LogP contribution in [0.1, 0.15) is 29.8 Å². The fourth-order valence-electron chi connectivity index (χ4n) is 1.54. The van der Waals surface area contributed by atoms with Gasteiger partial charge < -0.3 is 21.0 Å². The predicted octanol–water partition coefficient (Wildman–Crippen LogP) is 0.153. The second-order valence-corrected chi connectivity index (χ2v) is 3.38. The first kappa shape index (κ1) is 12.0. The first-order valence-electron chi connectivity index (χ1n) is 4.87. The number of rotatable bonds is 3. The number of aromatic carboxylic acids is 1. The Hall–Kier alpha value is -2.04. The Morgan fingerprint density at radius 3 is 2.50 bits per heavy atom. The van der Waals surface area contributed by atoms with Gasteiger partial charge in [-0.15, -0.1) is 0 Å². The zero-order chi connectivity index (χ0) is 12.3. The fraction of sp³-hybridized carbons (Fsp3) is 0.273. The molecule has 0 atom stereocenters. The van der Waals surface area contributed by atoms with E-state index in [9.17, 15) is 14.7 Å². The van der Waals surface area contributed by atoms with Gasteiger partial charge in [0.25, 0.3) is 0 Å². The smallest absolute Gasteiger partial charge is 0.221 e. The van der Waals surface area contributed by atoms with E-state index in [0.29, 0.717) is 17.7 Å². The van der Waals surface area contributed by atoms with Crippen LogP contribution in [-0.4, -0.2) is 11.9 Å². The van der Waals surface area contributed by atoms with Crippen molar-refractivity contribution in [1.29, 1.82) is 0 Å². The summed E-state index contributed by atoms with van der Waals surface area (Å²) in [5, 5.41) is 13.3. The first-order valence-corrected chi connectivity index (χ1v) is 4.87. The molecule has 0 unspecified atom stereocenters. The Morgan fingerprint density at radius 2 is 2.06 bits per heavy atom. The lowest BCUT2D eigenvalue weighted by Crippen LogP contribution is -2.24. The molecule has 0 aromatic heterocycles. The summed E-state index contributed by atoms with van der Waals surface area (Å²) < 4.78 is 0. The van der Waals surface area contributed by atoms with Crippen LogP contribution < -0.4 is 16.2 Å². The molecule has 16 heavy (non-hydrogen) atoms. The number of nitrogens with one attached hydrogen (secondary N) is 1. The Labute approximate surface area is 93.3 Å². The number of nitrogen functional groups attached to an aromatic ring is 1.